The van der Waals surface area contributed by atoms with Gasteiger partial charge < -0.3 is 20.1 Å². The quantitative estimate of drug-likeness (QED) is 0.598. The van der Waals surface area contributed by atoms with Gasteiger partial charge in [0.1, 0.15) is 18.1 Å². The first-order valence-electron chi connectivity index (χ1n) is 9.89. The minimum Gasteiger partial charge on any atom is -0.508 e. The van der Waals surface area contributed by atoms with Gasteiger partial charge in [-0.05, 0) is 67.4 Å². The van der Waals surface area contributed by atoms with Crippen LogP contribution >= 0.6 is 0 Å². The van der Waals surface area contributed by atoms with E-state index < -0.39 is 18.1 Å². The van der Waals surface area contributed by atoms with Crippen LogP contribution in [0.3, 0.4) is 0 Å². The monoisotopic (exact) mass is 455 g/mol. The zero-order valence-electron chi connectivity index (χ0n) is 17.1. The zero-order chi connectivity index (χ0) is 23.7. The maximum absolute atomic E-state index is 11.2. The van der Waals surface area contributed by atoms with Crippen molar-refractivity contribution in [2.45, 2.75) is 25.4 Å². The van der Waals surface area contributed by atoms with Gasteiger partial charge in [-0.25, -0.2) is 9.59 Å². The van der Waals surface area contributed by atoms with Crippen LogP contribution in [0.15, 0.2) is 42.5 Å². The highest BCUT2D eigenvalue weighted by Gasteiger charge is 2.38. The molecular formula is C22H24F3NO6. The van der Waals surface area contributed by atoms with Crippen LogP contribution in [-0.2, 0) is 4.79 Å². The number of phenolic OH excluding ortho intramolecular Hbond substituents is 1. The Morgan fingerprint density at radius 3 is 2.22 bits per heavy atom. The summed E-state index contributed by atoms with van der Waals surface area (Å²) in [6.45, 7) is 3.83. The van der Waals surface area contributed by atoms with Crippen LogP contribution in [0.5, 0.6) is 11.5 Å². The number of rotatable bonds is 6. The van der Waals surface area contributed by atoms with Crippen LogP contribution in [0.4, 0.5) is 13.2 Å². The number of aromatic hydroxyl groups is 1. The molecule has 0 aromatic heterocycles. The van der Waals surface area contributed by atoms with E-state index in [2.05, 4.69) is 4.90 Å². The zero-order valence-corrected chi connectivity index (χ0v) is 17.1. The van der Waals surface area contributed by atoms with Crippen molar-refractivity contribution in [3.8, 4) is 22.6 Å². The molecule has 3 rings (SSSR count). The van der Waals surface area contributed by atoms with Crippen LogP contribution in [0.2, 0.25) is 0 Å². The predicted molar refractivity (Wildman–Crippen MR) is 110 cm³/mol. The molecule has 1 aliphatic rings. The summed E-state index contributed by atoms with van der Waals surface area (Å²) in [7, 11) is 0. The van der Waals surface area contributed by atoms with Crippen molar-refractivity contribution in [3.05, 3.63) is 48.0 Å². The molecule has 1 saturated heterocycles. The average Bonchev–Trinajstić information content (AvgIpc) is 2.74. The Morgan fingerprint density at radius 2 is 1.62 bits per heavy atom. The second-order valence-electron chi connectivity index (χ2n) is 7.16. The van der Waals surface area contributed by atoms with E-state index in [1.165, 1.54) is 25.3 Å². The van der Waals surface area contributed by atoms with E-state index in [1.807, 2.05) is 24.3 Å². The first-order chi connectivity index (χ1) is 15.1. The van der Waals surface area contributed by atoms with Gasteiger partial charge in [0.2, 0.25) is 0 Å². The van der Waals surface area contributed by atoms with E-state index in [-0.39, 0.29) is 11.3 Å². The molecule has 0 aliphatic carbocycles. The fourth-order valence-electron chi connectivity index (χ4n) is 3.14. The molecule has 2 aromatic carbocycles. The molecule has 1 aliphatic heterocycles. The molecule has 7 nitrogen and oxygen atoms in total. The van der Waals surface area contributed by atoms with Crippen molar-refractivity contribution in [2.24, 2.45) is 0 Å². The Balaban J connectivity index is 0.000000451. The Kier molecular flexibility index (Phi) is 8.89. The second kappa shape index (κ2) is 11.4. The van der Waals surface area contributed by atoms with Gasteiger partial charge in [0.05, 0.1) is 5.56 Å². The van der Waals surface area contributed by atoms with Crippen LogP contribution in [0.1, 0.15) is 29.6 Å². The van der Waals surface area contributed by atoms with Gasteiger partial charge in [0.25, 0.3) is 0 Å². The summed E-state index contributed by atoms with van der Waals surface area (Å²) in [6, 6.07) is 11.9. The van der Waals surface area contributed by atoms with Crippen molar-refractivity contribution in [1.82, 2.24) is 4.90 Å². The number of nitrogens with zero attached hydrogens (tertiary/aromatic N) is 1. The first kappa shape index (κ1) is 25.0. The second-order valence-corrected chi connectivity index (χ2v) is 7.16. The molecule has 0 amide bonds. The van der Waals surface area contributed by atoms with E-state index in [0.717, 1.165) is 30.9 Å². The number of piperidine rings is 1. The highest BCUT2D eigenvalue weighted by Crippen LogP contribution is 2.28. The van der Waals surface area contributed by atoms with Crippen LogP contribution < -0.4 is 4.74 Å². The van der Waals surface area contributed by atoms with Gasteiger partial charge in [-0.1, -0.05) is 18.6 Å². The molecule has 174 valence electrons. The lowest BCUT2D eigenvalue weighted by atomic mass is 10.0. The fourth-order valence-corrected chi connectivity index (χ4v) is 3.14. The molecule has 32 heavy (non-hydrogen) atoms. The molecule has 1 fully saturated rings. The van der Waals surface area contributed by atoms with Crippen LogP contribution in [0.25, 0.3) is 11.1 Å². The van der Waals surface area contributed by atoms with Crippen molar-refractivity contribution in [3.63, 3.8) is 0 Å². The number of carboxylic acids is 2. The topological polar surface area (TPSA) is 107 Å². The third-order valence-corrected chi connectivity index (χ3v) is 4.70. The molecule has 3 N–H and O–H groups in total. The Hall–Kier alpha value is -3.27. The number of aromatic carboxylic acids is 1. The number of ether oxygens (including phenoxy) is 1. The number of carbonyl (C=O) groups is 2. The number of phenols is 1. The molecule has 0 unspecified atom stereocenters. The summed E-state index contributed by atoms with van der Waals surface area (Å²) in [5.74, 6) is -3.14. The lowest BCUT2D eigenvalue weighted by Gasteiger charge is -2.26. The molecule has 2 aromatic rings. The predicted octanol–water partition coefficient (Wildman–Crippen LogP) is 4.26. The summed E-state index contributed by atoms with van der Waals surface area (Å²) in [4.78, 5) is 22.5. The summed E-state index contributed by atoms with van der Waals surface area (Å²) < 4.78 is 37.6. The molecule has 0 radical (unpaired) electrons. The molecular weight excluding hydrogens is 431 g/mol. The van der Waals surface area contributed by atoms with Gasteiger partial charge in [-0.3, -0.25) is 4.90 Å². The van der Waals surface area contributed by atoms with E-state index in [1.54, 1.807) is 12.1 Å². The Morgan fingerprint density at radius 1 is 0.969 bits per heavy atom. The van der Waals surface area contributed by atoms with Crippen molar-refractivity contribution < 1.29 is 42.8 Å². The summed E-state index contributed by atoms with van der Waals surface area (Å²) in [6.07, 6.45) is -1.24. The summed E-state index contributed by atoms with van der Waals surface area (Å²) in [5, 5.41) is 26.0. The molecule has 0 bridgehead atoms. The standard InChI is InChI=1S/C20H23NO4.C2HF3O2/c22-18-12-16(11-17(13-18)20(23)24)15-5-4-6-19(14-15)25-10-9-21-7-2-1-3-8-21;3-2(4,5)1(6)7/h4-6,11-14,22H,1-3,7-10H2,(H,23,24);(H,6,7). The van der Waals surface area contributed by atoms with Gasteiger partial charge >= 0.3 is 18.1 Å². The molecule has 1 heterocycles. The normalized spacial score (nSPS) is 14.2. The van der Waals surface area contributed by atoms with Crippen molar-refractivity contribution in [1.29, 1.82) is 0 Å². The smallest absolute Gasteiger partial charge is 0.490 e. The summed E-state index contributed by atoms with van der Waals surface area (Å²) in [5.41, 5.74) is 1.53. The van der Waals surface area contributed by atoms with E-state index in [0.29, 0.717) is 12.2 Å². The number of alkyl halides is 3. The maximum atomic E-state index is 11.2. The number of benzene rings is 2. The van der Waals surface area contributed by atoms with Gasteiger partial charge in [-0.15, -0.1) is 0 Å². The van der Waals surface area contributed by atoms with E-state index in [4.69, 9.17) is 19.7 Å². The number of aliphatic carboxylic acids is 1. The number of halogens is 3. The minimum absolute atomic E-state index is 0.0615. The lowest BCUT2D eigenvalue weighted by molar-refractivity contribution is -0.192. The Bertz CT molecular complexity index is 926. The largest absolute Gasteiger partial charge is 0.508 e. The van der Waals surface area contributed by atoms with Gasteiger partial charge in [0.15, 0.2) is 0 Å². The van der Waals surface area contributed by atoms with E-state index in [9.17, 15) is 23.1 Å². The lowest BCUT2D eigenvalue weighted by Crippen LogP contribution is -2.33. The van der Waals surface area contributed by atoms with Crippen molar-refractivity contribution >= 4 is 11.9 Å². The average molecular weight is 455 g/mol. The number of likely N-dealkylation sites (tertiary alicyclic amines) is 1. The highest BCUT2D eigenvalue weighted by molar-refractivity contribution is 5.90. The number of carboxylic acid groups (broad SMARTS) is 2. The first-order valence-corrected chi connectivity index (χ1v) is 9.89. The molecule has 0 spiro atoms. The molecule has 0 saturated carbocycles. The third kappa shape index (κ3) is 8.10. The van der Waals surface area contributed by atoms with Gasteiger partial charge in [-0.2, -0.15) is 13.2 Å². The Labute approximate surface area is 182 Å². The van der Waals surface area contributed by atoms with Crippen molar-refractivity contribution in [2.75, 3.05) is 26.2 Å². The van der Waals surface area contributed by atoms with Crippen LogP contribution in [0, 0.1) is 0 Å². The van der Waals surface area contributed by atoms with E-state index >= 15 is 0 Å². The highest BCUT2D eigenvalue weighted by atomic mass is 19.4. The van der Waals surface area contributed by atoms with Gasteiger partial charge in [0, 0.05) is 6.54 Å². The SMILES string of the molecule is O=C(O)C(F)(F)F.O=C(O)c1cc(O)cc(-c2cccc(OCCN3CCCCC3)c2)c1. The maximum Gasteiger partial charge on any atom is 0.490 e. The fraction of sp³-hybridized carbons (Fsp3) is 0.364. The third-order valence-electron chi connectivity index (χ3n) is 4.70. The number of hydrogen-bond acceptors (Lipinski definition) is 5. The molecule has 0 atom stereocenters. The van der Waals surface area contributed by atoms with Crippen LogP contribution in [-0.4, -0.2) is 64.6 Å². The molecule has 10 heteroatoms. The number of hydrogen-bond donors (Lipinski definition) is 3. The summed E-state index contributed by atoms with van der Waals surface area (Å²) >= 11 is 0. The minimum atomic E-state index is -5.08.